The van der Waals surface area contributed by atoms with Gasteiger partial charge >= 0.3 is 0 Å². The molecule has 1 N–H and O–H groups in total. The van der Waals surface area contributed by atoms with E-state index in [1.54, 1.807) is 18.2 Å². The molecule has 0 unspecified atom stereocenters. The van der Waals surface area contributed by atoms with Crippen molar-refractivity contribution >= 4 is 33.2 Å². The van der Waals surface area contributed by atoms with Crippen molar-refractivity contribution in [3.63, 3.8) is 0 Å². The molecule has 0 spiro atoms. The Hall–Kier alpha value is -2.05. The van der Waals surface area contributed by atoms with Crippen LogP contribution in [0.2, 0.25) is 5.02 Å². The van der Waals surface area contributed by atoms with Gasteiger partial charge in [-0.05, 0) is 42.5 Å². The zero-order valence-corrected chi connectivity index (χ0v) is 18.1. The molecule has 152 valence electrons. The van der Waals surface area contributed by atoms with Crippen LogP contribution in [0.1, 0.15) is 36.8 Å². The molecular formula is C21H27ClN2O3S. The second kappa shape index (κ2) is 9.94. The average molecular weight is 423 g/mol. The fraction of sp³-hybridized carbons (Fsp3) is 0.381. The summed E-state index contributed by atoms with van der Waals surface area (Å²) >= 11 is 6.03. The van der Waals surface area contributed by atoms with E-state index in [0.29, 0.717) is 23.7 Å². The molecule has 0 aliphatic rings. The first kappa shape index (κ1) is 22.2. The number of amides is 1. The molecule has 2 rings (SSSR count). The van der Waals surface area contributed by atoms with Gasteiger partial charge in [0.15, 0.2) is 0 Å². The zero-order valence-electron chi connectivity index (χ0n) is 16.5. The number of hydrogen-bond acceptors (Lipinski definition) is 3. The fourth-order valence-corrected chi connectivity index (χ4v) is 4.14. The molecule has 1 amide bonds. The predicted octanol–water partition coefficient (Wildman–Crippen LogP) is 4.11. The van der Waals surface area contributed by atoms with Gasteiger partial charge in [0.1, 0.15) is 0 Å². The molecular weight excluding hydrogens is 396 g/mol. The molecule has 0 fully saturated rings. The first-order valence-electron chi connectivity index (χ1n) is 9.24. The van der Waals surface area contributed by atoms with Gasteiger partial charge in [0, 0.05) is 24.5 Å². The van der Waals surface area contributed by atoms with E-state index >= 15 is 0 Å². The quantitative estimate of drug-likeness (QED) is 0.661. The minimum absolute atomic E-state index is 0.0842. The van der Waals surface area contributed by atoms with Gasteiger partial charge < -0.3 is 5.32 Å². The number of halogens is 1. The summed E-state index contributed by atoms with van der Waals surface area (Å²) in [4.78, 5) is 12.2. The van der Waals surface area contributed by atoms with Gasteiger partial charge in [0.05, 0.1) is 11.9 Å². The minimum Gasteiger partial charge on any atom is -0.356 e. The summed E-state index contributed by atoms with van der Waals surface area (Å²) in [6, 6.07) is 15.1. The van der Waals surface area contributed by atoms with Crippen LogP contribution in [-0.4, -0.2) is 33.7 Å². The van der Waals surface area contributed by atoms with Gasteiger partial charge in [-0.2, -0.15) is 0 Å². The summed E-state index contributed by atoms with van der Waals surface area (Å²) < 4.78 is 25.8. The van der Waals surface area contributed by atoms with Gasteiger partial charge in [-0.1, -0.05) is 54.9 Å². The Labute approximate surface area is 172 Å². The van der Waals surface area contributed by atoms with Crippen LogP contribution in [0.25, 0.3) is 0 Å². The van der Waals surface area contributed by atoms with E-state index in [9.17, 15) is 13.2 Å². The maximum Gasteiger partial charge on any atom is 0.232 e. The van der Waals surface area contributed by atoms with E-state index in [1.165, 1.54) is 9.87 Å². The molecule has 5 nitrogen and oxygen atoms in total. The highest BCUT2D eigenvalue weighted by Crippen LogP contribution is 2.26. The summed E-state index contributed by atoms with van der Waals surface area (Å²) in [5.74, 6) is 0.130. The van der Waals surface area contributed by atoms with E-state index < -0.39 is 10.0 Å². The van der Waals surface area contributed by atoms with Crippen molar-refractivity contribution in [3.05, 3.63) is 64.7 Å². The molecule has 7 heteroatoms. The number of carbonyl (C=O) groups is 1. The Morgan fingerprint density at radius 3 is 2.50 bits per heavy atom. The number of sulfonamides is 1. The SMILES string of the molecule is Cc1ccc(Cl)cc1N(CCCC(=O)NC[C@H](C)c1ccccc1)S(C)(=O)=O. The number of nitrogens with zero attached hydrogens (tertiary/aromatic N) is 1. The third-order valence-corrected chi connectivity index (χ3v) is 5.99. The maximum absolute atomic E-state index is 12.2. The van der Waals surface area contributed by atoms with Gasteiger partial charge in [0.2, 0.25) is 15.9 Å². The molecule has 2 aromatic carbocycles. The normalized spacial score (nSPS) is 12.4. The van der Waals surface area contributed by atoms with Crippen molar-refractivity contribution in [1.29, 1.82) is 0 Å². The molecule has 1 atom stereocenters. The lowest BCUT2D eigenvalue weighted by molar-refractivity contribution is -0.121. The van der Waals surface area contributed by atoms with Crippen molar-refractivity contribution < 1.29 is 13.2 Å². The first-order chi connectivity index (χ1) is 13.2. The lowest BCUT2D eigenvalue weighted by Gasteiger charge is -2.24. The summed E-state index contributed by atoms with van der Waals surface area (Å²) in [6.45, 7) is 4.66. The van der Waals surface area contributed by atoms with E-state index in [1.807, 2.05) is 37.3 Å². The second-order valence-corrected chi connectivity index (χ2v) is 9.33. The highest BCUT2D eigenvalue weighted by atomic mass is 35.5. The van der Waals surface area contributed by atoms with Crippen LogP contribution in [-0.2, 0) is 14.8 Å². The van der Waals surface area contributed by atoms with Crippen LogP contribution in [0.5, 0.6) is 0 Å². The third-order valence-electron chi connectivity index (χ3n) is 4.58. The number of anilines is 1. The number of aryl methyl sites for hydroxylation is 1. The van der Waals surface area contributed by atoms with E-state index in [2.05, 4.69) is 12.2 Å². The Bertz CT molecular complexity index is 901. The molecule has 0 aliphatic heterocycles. The molecule has 0 bridgehead atoms. The largest absolute Gasteiger partial charge is 0.356 e. The molecule has 0 aliphatic carbocycles. The van der Waals surface area contributed by atoms with Crippen LogP contribution in [0.3, 0.4) is 0 Å². The van der Waals surface area contributed by atoms with E-state index in [4.69, 9.17) is 11.6 Å². The molecule has 0 saturated heterocycles. The Morgan fingerprint density at radius 2 is 1.86 bits per heavy atom. The molecule has 2 aromatic rings. The highest BCUT2D eigenvalue weighted by molar-refractivity contribution is 7.92. The Kier molecular flexibility index (Phi) is 7.89. The van der Waals surface area contributed by atoms with Crippen molar-refractivity contribution in [3.8, 4) is 0 Å². The maximum atomic E-state index is 12.2. The van der Waals surface area contributed by atoms with E-state index in [-0.39, 0.29) is 24.8 Å². The Balaban J connectivity index is 1.90. The number of rotatable bonds is 9. The van der Waals surface area contributed by atoms with Gasteiger partial charge in [0.25, 0.3) is 0 Å². The van der Waals surface area contributed by atoms with Crippen molar-refractivity contribution in [2.24, 2.45) is 0 Å². The summed E-state index contributed by atoms with van der Waals surface area (Å²) in [7, 11) is -3.47. The average Bonchev–Trinajstić information content (AvgIpc) is 2.65. The predicted molar refractivity (Wildman–Crippen MR) is 115 cm³/mol. The molecule has 0 heterocycles. The van der Waals surface area contributed by atoms with Crippen LogP contribution in [0.15, 0.2) is 48.5 Å². The van der Waals surface area contributed by atoms with Crippen molar-refractivity contribution in [2.75, 3.05) is 23.7 Å². The second-order valence-electron chi connectivity index (χ2n) is 6.99. The third kappa shape index (κ3) is 6.53. The van der Waals surface area contributed by atoms with E-state index in [0.717, 1.165) is 11.8 Å². The molecule has 0 saturated carbocycles. The van der Waals surface area contributed by atoms with Crippen LogP contribution < -0.4 is 9.62 Å². The van der Waals surface area contributed by atoms with Crippen LogP contribution in [0, 0.1) is 6.92 Å². The zero-order chi connectivity index (χ0) is 20.7. The molecule has 28 heavy (non-hydrogen) atoms. The summed E-state index contributed by atoms with van der Waals surface area (Å²) in [5.41, 5.74) is 2.53. The number of benzene rings is 2. The van der Waals surface area contributed by atoms with Crippen molar-refractivity contribution in [1.82, 2.24) is 5.32 Å². The Morgan fingerprint density at radius 1 is 1.18 bits per heavy atom. The van der Waals surface area contributed by atoms with Crippen LogP contribution in [0.4, 0.5) is 5.69 Å². The van der Waals surface area contributed by atoms with Gasteiger partial charge in [-0.25, -0.2) is 8.42 Å². The van der Waals surface area contributed by atoms with Gasteiger partial charge in [-0.15, -0.1) is 0 Å². The summed E-state index contributed by atoms with van der Waals surface area (Å²) in [5, 5.41) is 3.40. The smallest absolute Gasteiger partial charge is 0.232 e. The standard InChI is InChI=1S/C21H27ClN2O3S/c1-16-11-12-19(22)14-20(16)24(28(3,26)27)13-7-10-21(25)23-15-17(2)18-8-5-4-6-9-18/h4-6,8-9,11-12,14,17H,7,10,13,15H2,1-3H3,(H,23,25)/t17-/m0/s1. The van der Waals surface area contributed by atoms with Crippen LogP contribution >= 0.6 is 11.6 Å². The molecule has 0 aromatic heterocycles. The first-order valence-corrected chi connectivity index (χ1v) is 11.5. The highest BCUT2D eigenvalue weighted by Gasteiger charge is 2.20. The topological polar surface area (TPSA) is 66.5 Å². The molecule has 0 radical (unpaired) electrons. The lowest BCUT2D eigenvalue weighted by Crippen LogP contribution is -2.33. The number of carbonyl (C=O) groups excluding carboxylic acids is 1. The lowest BCUT2D eigenvalue weighted by atomic mass is 10.0. The monoisotopic (exact) mass is 422 g/mol. The fourth-order valence-electron chi connectivity index (χ4n) is 2.95. The number of hydrogen-bond donors (Lipinski definition) is 1. The van der Waals surface area contributed by atoms with Crippen molar-refractivity contribution in [2.45, 2.75) is 32.6 Å². The number of nitrogens with one attached hydrogen (secondary N) is 1. The minimum atomic E-state index is -3.47. The van der Waals surface area contributed by atoms with Gasteiger partial charge in [-0.3, -0.25) is 9.10 Å². The summed E-state index contributed by atoms with van der Waals surface area (Å²) in [6.07, 6.45) is 1.84.